The highest BCUT2D eigenvalue weighted by atomic mass is 32.1. The minimum absolute atomic E-state index is 0.0684. The summed E-state index contributed by atoms with van der Waals surface area (Å²) in [5, 5.41) is 13.3. The number of methoxy groups -OCH3 is 1. The Morgan fingerprint density at radius 3 is 2.34 bits per heavy atom. The number of carbonyl (C=O) groups is 2. The maximum absolute atomic E-state index is 14.3. The van der Waals surface area contributed by atoms with E-state index in [0.29, 0.717) is 17.2 Å². The van der Waals surface area contributed by atoms with Crippen molar-refractivity contribution >= 4 is 28.2 Å². The van der Waals surface area contributed by atoms with Crippen LogP contribution >= 0.6 is 11.3 Å². The van der Waals surface area contributed by atoms with Crippen LogP contribution in [0.5, 0.6) is 5.75 Å². The predicted octanol–water partition coefficient (Wildman–Crippen LogP) is 5.10. The van der Waals surface area contributed by atoms with Crippen molar-refractivity contribution in [1.82, 2.24) is 0 Å². The van der Waals surface area contributed by atoms with Crippen LogP contribution in [0, 0.1) is 24.4 Å². The highest BCUT2D eigenvalue weighted by molar-refractivity contribution is 7.15. The molecule has 3 rings (SSSR count). The third-order valence-corrected chi connectivity index (χ3v) is 5.05. The fourth-order valence-corrected chi connectivity index (χ4v) is 3.66. The van der Waals surface area contributed by atoms with Crippen LogP contribution in [0.25, 0.3) is 11.1 Å². The average Bonchev–Trinajstić information content (AvgIpc) is 3.09. The molecule has 29 heavy (non-hydrogen) atoms. The van der Waals surface area contributed by atoms with Crippen LogP contribution in [0.2, 0.25) is 0 Å². The van der Waals surface area contributed by atoms with E-state index in [1.807, 2.05) is 6.92 Å². The molecule has 0 aliphatic rings. The zero-order valence-corrected chi connectivity index (χ0v) is 16.0. The molecule has 1 amide bonds. The molecule has 0 saturated carbocycles. The summed E-state index contributed by atoms with van der Waals surface area (Å²) in [6, 6.07) is 7.46. The second kappa shape index (κ2) is 7.96. The summed E-state index contributed by atoms with van der Waals surface area (Å²) < 4.78 is 46.1. The zero-order valence-electron chi connectivity index (χ0n) is 15.2. The van der Waals surface area contributed by atoms with Crippen LogP contribution in [-0.2, 0) is 0 Å². The van der Waals surface area contributed by atoms with E-state index in [-0.39, 0.29) is 10.6 Å². The van der Waals surface area contributed by atoms with Crippen molar-refractivity contribution in [3.05, 3.63) is 69.9 Å². The molecular formula is C20H14F3NO4S. The lowest BCUT2D eigenvalue weighted by molar-refractivity contribution is 0.0699. The number of ether oxygens (including phenoxy) is 1. The monoisotopic (exact) mass is 421 g/mol. The Kier molecular flexibility index (Phi) is 5.60. The minimum atomic E-state index is -1.56. The smallest absolute Gasteiger partial charge is 0.339 e. The lowest BCUT2D eigenvalue weighted by Crippen LogP contribution is -2.16. The topological polar surface area (TPSA) is 75.6 Å². The van der Waals surface area contributed by atoms with E-state index >= 15 is 0 Å². The molecule has 0 fully saturated rings. The number of hydrogen-bond donors (Lipinski definition) is 2. The van der Waals surface area contributed by atoms with Gasteiger partial charge in [-0.2, -0.15) is 4.39 Å². The van der Waals surface area contributed by atoms with Gasteiger partial charge in [0, 0.05) is 10.9 Å². The summed E-state index contributed by atoms with van der Waals surface area (Å²) in [5.41, 5.74) is 0.952. The van der Waals surface area contributed by atoms with Gasteiger partial charge in [-0.05, 0) is 18.6 Å². The molecule has 0 unspecified atom stereocenters. The van der Waals surface area contributed by atoms with Gasteiger partial charge in [0.25, 0.3) is 5.91 Å². The molecule has 3 aromatic rings. The van der Waals surface area contributed by atoms with Gasteiger partial charge in [-0.3, -0.25) is 4.79 Å². The Bertz CT molecular complexity index is 1110. The molecule has 0 aliphatic heterocycles. The maximum atomic E-state index is 14.3. The number of aromatic carboxylic acids is 1. The quantitative estimate of drug-likeness (QED) is 0.562. The van der Waals surface area contributed by atoms with Crippen LogP contribution in [0.3, 0.4) is 0 Å². The van der Waals surface area contributed by atoms with Crippen molar-refractivity contribution in [1.29, 1.82) is 0 Å². The fourth-order valence-electron chi connectivity index (χ4n) is 2.70. The zero-order chi connectivity index (χ0) is 21.3. The molecule has 0 saturated heterocycles. The number of aryl methyl sites for hydroxylation is 1. The second-order valence-electron chi connectivity index (χ2n) is 6.05. The Morgan fingerprint density at radius 2 is 1.76 bits per heavy atom. The molecular weight excluding hydrogens is 407 g/mol. The Hall–Kier alpha value is -3.33. The third kappa shape index (κ3) is 3.81. The molecule has 0 spiro atoms. The standard InChI is InChI=1S/C20H14F3NO4S/c1-9-3-5-10(6-4-9)12-8-29-19(14(12)20(26)27)24-18(25)11-7-13(21)16(23)17(28-2)15(11)22/h3-8H,1-2H3,(H,24,25)(H,26,27). The third-order valence-electron chi connectivity index (χ3n) is 4.16. The van der Waals surface area contributed by atoms with Crippen LogP contribution in [0.4, 0.5) is 18.2 Å². The number of carboxylic acid groups (broad SMARTS) is 1. The van der Waals surface area contributed by atoms with E-state index in [2.05, 4.69) is 10.1 Å². The minimum Gasteiger partial charge on any atom is -0.491 e. The Morgan fingerprint density at radius 1 is 1.10 bits per heavy atom. The summed E-state index contributed by atoms with van der Waals surface area (Å²) >= 11 is 0.915. The van der Waals surface area contributed by atoms with Crippen molar-refractivity contribution in [3.8, 4) is 16.9 Å². The van der Waals surface area contributed by atoms with E-state index < -0.39 is 40.6 Å². The number of thiophene rings is 1. The molecule has 2 aromatic carbocycles. The second-order valence-corrected chi connectivity index (χ2v) is 6.93. The number of carboxylic acids is 1. The van der Waals surface area contributed by atoms with Crippen molar-refractivity contribution < 1.29 is 32.6 Å². The largest absolute Gasteiger partial charge is 0.491 e. The number of amides is 1. The highest BCUT2D eigenvalue weighted by Gasteiger charge is 2.26. The van der Waals surface area contributed by atoms with E-state index in [1.165, 1.54) is 5.38 Å². The molecule has 0 bridgehead atoms. The Labute approximate surface area is 167 Å². The molecule has 0 atom stereocenters. The number of benzene rings is 2. The van der Waals surface area contributed by atoms with Crippen molar-refractivity contribution in [2.75, 3.05) is 12.4 Å². The first-order chi connectivity index (χ1) is 13.7. The van der Waals surface area contributed by atoms with E-state index in [9.17, 15) is 27.9 Å². The van der Waals surface area contributed by atoms with Gasteiger partial charge in [-0.15, -0.1) is 11.3 Å². The first-order valence-electron chi connectivity index (χ1n) is 8.19. The fraction of sp³-hybridized carbons (Fsp3) is 0.100. The lowest BCUT2D eigenvalue weighted by atomic mass is 10.0. The maximum Gasteiger partial charge on any atom is 0.339 e. The van der Waals surface area contributed by atoms with E-state index in [1.54, 1.807) is 24.3 Å². The van der Waals surface area contributed by atoms with Gasteiger partial charge >= 0.3 is 5.97 Å². The molecule has 9 heteroatoms. The van der Waals surface area contributed by atoms with E-state index in [4.69, 9.17) is 0 Å². The molecule has 2 N–H and O–H groups in total. The van der Waals surface area contributed by atoms with Gasteiger partial charge < -0.3 is 15.2 Å². The van der Waals surface area contributed by atoms with Crippen LogP contribution in [0.1, 0.15) is 26.3 Å². The van der Waals surface area contributed by atoms with Crippen LogP contribution < -0.4 is 10.1 Å². The van der Waals surface area contributed by atoms with Gasteiger partial charge in [0.2, 0.25) is 5.82 Å². The van der Waals surface area contributed by atoms with Crippen molar-refractivity contribution in [2.45, 2.75) is 6.92 Å². The molecule has 5 nitrogen and oxygen atoms in total. The van der Waals surface area contributed by atoms with Crippen LogP contribution in [0.15, 0.2) is 35.7 Å². The summed E-state index contributed by atoms with van der Waals surface area (Å²) in [6.07, 6.45) is 0. The van der Waals surface area contributed by atoms with Crippen molar-refractivity contribution in [3.63, 3.8) is 0 Å². The van der Waals surface area contributed by atoms with Crippen LogP contribution in [-0.4, -0.2) is 24.1 Å². The van der Waals surface area contributed by atoms with Gasteiger partial charge in [-0.25, -0.2) is 13.6 Å². The number of halogens is 3. The predicted molar refractivity (Wildman–Crippen MR) is 102 cm³/mol. The first kappa shape index (κ1) is 20.4. The molecule has 150 valence electrons. The summed E-state index contributed by atoms with van der Waals surface area (Å²) in [5.74, 6) is -7.92. The molecule has 0 radical (unpaired) electrons. The molecule has 1 heterocycles. The number of hydrogen-bond acceptors (Lipinski definition) is 4. The summed E-state index contributed by atoms with van der Waals surface area (Å²) in [7, 11) is 0.929. The van der Waals surface area contributed by atoms with Crippen molar-refractivity contribution in [2.24, 2.45) is 0 Å². The van der Waals surface area contributed by atoms with E-state index in [0.717, 1.165) is 24.0 Å². The summed E-state index contributed by atoms with van der Waals surface area (Å²) in [6.45, 7) is 1.88. The van der Waals surface area contributed by atoms with Gasteiger partial charge in [-0.1, -0.05) is 29.8 Å². The highest BCUT2D eigenvalue weighted by Crippen LogP contribution is 2.36. The first-order valence-corrected chi connectivity index (χ1v) is 9.07. The normalized spacial score (nSPS) is 10.7. The SMILES string of the molecule is COc1c(F)c(F)cc(C(=O)Nc2scc(-c3ccc(C)cc3)c2C(=O)O)c1F. The number of carbonyl (C=O) groups excluding carboxylic acids is 1. The Balaban J connectivity index is 2.01. The number of nitrogens with one attached hydrogen (secondary N) is 1. The van der Waals surface area contributed by atoms with Gasteiger partial charge in [0.05, 0.1) is 12.7 Å². The summed E-state index contributed by atoms with van der Waals surface area (Å²) in [4.78, 5) is 24.2. The number of rotatable bonds is 5. The van der Waals surface area contributed by atoms with Gasteiger partial charge in [0.1, 0.15) is 10.6 Å². The molecule has 0 aliphatic carbocycles. The molecule has 1 aromatic heterocycles. The number of anilines is 1. The average molecular weight is 421 g/mol. The lowest BCUT2D eigenvalue weighted by Gasteiger charge is -2.10. The van der Waals surface area contributed by atoms with Gasteiger partial charge in [0.15, 0.2) is 17.4 Å².